The Kier molecular flexibility index (Phi) is 4.42. The van der Waals surface area contributed by atoms with Gasteiger partial charge in [-0.3, -0.25) is 0 Å². The molecule has 0 aliphatic heterocycles. The summed E-state index contributed by atoms with van der Waals surface area (Å²) in [5.74, 6) is 0.740. The van der Waals surface area contributed by atoms with Gasteiger partial charge >= 0.3 is 0 Å². The average Bonchev–Trinajstić information content (AvgIpc) is 2.28. The summed E-state index contributed by atoms with van der Waals surface area (Å²) in [6.07, 6.45) is 3.95. The van der Waals surface area contributed by atoms with Crippen LogP contribution in [0.2, 0.25) is 5.02 Å². The highest BCUT2D eigenvalue weighted by Gasteiger charge is 2.32. The Hall–Kier alpha value is -0.730. The van der Waals surface area contributed by atoms with Crippen LogP contribution in [-0.4, -0.2) is 6.10 Å². The van der Waals surface area contributed by atoms with Crippen LogP contribution >= 0.6 is 11.6 Å². The number of halogens is 1. The summed E-state index contributed by atoms with van der Waals surface area (Å²) >= 11 is 5.92. The molecule has 2 atom stereocenters. The second-order valence-corrected chi connectivity index (χ2v) is 7.11. The first-order valence-electron chi connectivity index (χ1n) is 7.01. The highest BCUT2D eigenvalue weighted by molar-refractivity contribution is 6.33. The Morgan fingerprint density at radius 2 is 2.11 bits per heavy atom. The van der Waals surface area contributed by atoms with Gasteiger partial charge in [0, 0.05) is 0 Å². The van der Waals surface area contributed by atoms with Crippen molar-refractivity contribution in [3.05, 3.63) is 28.8 Å². The first-order valence-corrected chi connectivity index (χ1v) is 7.39. The van der Waals surface area contributed by atoms with Gasteiger partial charge in [-0.15, -0.1) is 0 Å². The molecule has 0 aromatic heterocycles. The molecule has 1 aromatic rings. The zero-order valence-electron chi connectivity index (χ0n) is 12.1. The van der Waals surface area contributed by atoms with Crippen LogP contribution in [0.5, 0.6) is 0 Å². The van der Waals surface area contributed by atoms with Gasteiger partial charge in [-0.1, -0.05) is 38.4 Å². The molecule has 3 heteroatoms. The molecule has 1 fully saturated rings. The highest BCUT2D eigenvalue weighted by Crippen LogP contribution is 2.39. The van der Waals surface area contributed by atoms with Gasteiger partial charge in [0.15, 0.2) is 0 Å². The van der Waals surface area contributed by atoms with Crippen molar-refractivity contribution in [2.24, 2.45) is 11.3 Å². The van der Waals surface area contributed by atoms with Crippen molar-refractivity contribution in [2.45, 2.75) is 52.7 Å². The minimum atomic E-state index is 0.357. The molecule has 1 saturated carbocycles. The molecule has 1 aliphatic carbocycles. The molecular formula is C16H24ClNO. The molecule has 2 nitrogen and oxygen atoms in total. The Labute approximate surface area is 121 Å². The van der Waals surface area contributed by atoms with Crippen LogP contribution in [-0.2, 0) is 11.3 Å². The fraction of sp³-hybridized carbons (Fsp3) is 0.625. The van der Waals surface area contributed by atoms with Gasteiger partial charge in [0.2, 0.25) is 0 Å². The van der Waals surface area contributed by atoms with Gasteiger partial charge in [0.1, 0.15) is 0 Å². The predicted octanol–water partition coefficient (Wildman–Crippen LogP) is 4.65. The molecule has 0 bridgehead atoms. The summed E-state index contributed by atoms with van der Waals surface area (Å²) < 4.78 is 6.07. The van der Waals surface area contributed by atoms with Crippen molar-refractivity contribution in [1.82, 2.24) is 0 Å². The SMILES string of the molecule is CC1CC(OCc2ccc(Cl)c(N)c2)CC(C)(C)C1. The molecule has 2 N–H and O–H groups in total. The van der Waals surface area contributed by atoms with Gasteiger partial charge in [0.05, 0.1) is 23.4 Å². The van der Waals surface area contributed by atoms with Gasteiger partial charge in [0.25, 0.3) is 0 Å². The number of rotatable bonds is 3. The van der Waals surface area contributed by atoms with E-state index in [9.17, 15) is 0 Å². The fourth-order valence-electron chi connectivity index (χ4n) is 3.28. The summed E-state index contributed by atoms with van der Waals surface area (Å²) in [5, 5.41) is 0.608. The summed E-state index contributed by atoms with van der Waals surface area (Å²) in [6.45, 7) is 7.60. The first-order chi connectivity index (χ1) is 8.85. The highest BCUT2D eigenvalue weighted by atomic mass is 35.5. The van der Waals surface area contributed by atoms with Crippen molar-refractivity contribution >= 4 is 17.3 Å². The number of ether oxygens (including phenoxy) is 1. The molecule has 106 valence electrons. The van der Waals surface area contributed by atoms with E-state index in [1.807, 2.05) is 18.2 Å². The van der Waals surface area contributed by atoms with E-state index in [4.69, 9.17) is 22.1 Å². The largest absolute Gasteiger partial charge is 0.398 e. The minimum absolute atomic E-state index is 0.357. The normalized spacial score (nSPS) is 26.3. The van der Waals surface area contributed by atoms with Crippen LogP contribution < -0.4 is 5.73 Å². The van der Waals surface area contributed by atoms with Crippen molar-refractivity contribution in [1.29, 1.82) is 0 Å². The van der Waals surface area contributed by atoms with Crippen LogP contribution in [0.15, 0.2) is 18.2 Å². The van der Waals surface area contributed by atoms with Gasteiger partial charge in [-0.2, -0.15) is 0 Å². The van der Waals surface area contributed by atoms with Gasteiger partial charge in [-0.05, 0) is 48.3 Å². The molecule has 0 heterocycles. The zero-order chi connectivity index (χ0) is 14.0. The predicted molar refractivity (Wildman–Crippen MR) is 81.2 cm³/mol. The Morgan fingerprint density at radius 3 is 2.74 bits per heavy atom. The fourth-order valence-corrected chi connectivity index (χ4v) is 3.40. The zero-order valence-corrected chi connectivity index (χ0v) is 12.8. The third kappa shape index (κ3) is 4.12. The number of benzene rings is 1. The minimum Gasteiger partial charge on any atom is -0.398 e. The molecule has 0 spiro atoms. The second kappa shape index (κ2) is 5.72. The third-order valence-electron chi connectivity index (χ3n) is 3.89. The smallest absolute Gasteiger partial charge is 0.0721 e. The van der Waals surface area contributed by atoms with E-state index in [0.29, 0.717) is 28.8 Å². The summed E-state index contributed by atoms with van der Waals surface area (Å²) in [5.41, 5.74) is 7.92. The second-order valence-electron chi connectivity index (χ2n) is 6.70. The van der Waals surface area contributed by atoms with Crippen LogP contribution in [0.1, 0.15) is 45.6 Å². The molecule has 2 rings (SSSR count). The number of nitrogens with two attached hydrogens (primary N) is 1. The lowest BCUT2D eigenvalue weighted by molar-refractivity contribution is -0.0316. The van der Waals surface area contributed by atoms with E-state index in [-0.39, 0.29) is 0 Å². The number of hydrogen-bond acceptors (Lipinski definition) is 2. The number of anilines is 1. The molecule has 0 radical (unpaired) electrons. The maximum absolute atomic E-state index is 6.07. The quantitative estimate of drug-likeness (QED) is 0.818. The van der Waals surface area contributed by atoms with Crippen LogP contribution in [0.25, 0.3) is 0 Å². The van der Waals surface area contributed by atoms with Crippen molar-refractivity contribution in [3.8, 4) is 0 Å². The summed E-state index contributed by atoms with van der Waals surface area (Å²) in [4.78, 5) is 0. The molecule has 19 heavy (non-hydrogen) atoms. The molecule has 2 unspecified atom stereocenters. The molecule has 0 amide bonds. The van der Waals surface area contributed by atoms with Crippen LogP contribution in [0, 0.1) is 11.3 Å². The van der Waals surface area contributed by atoms with Crippen LogP contribution in [0.4, 0.5) is 5.69 Å². The molecular weight excluding hydrogens is 258 g/mol. The van der Waals surface area contributed by atoms with E-state index in [2.05, 4.69) is 20.8 Å². The van der Waals surface area contributed by atoms with E-state index >= 15 is 0 Å². The Balaban J connectivity index is 1.93. The molecule has 1 aliphatic rings. The van der Waals surface area contributed by atoms with E-state index in [1.54, 1.807) is 0 Å². The lowest BCUT2D eigenvalue weighted by Gasteiger charge is -2.38. The number of nitrogen functional groups attached to an aromatic ring is 1. The third-order valence-corrected chi connectivity index (χ3v) is 4.24. The maximum atomic E-state index is 6.07. The standard InChI is InChI=1S/C16H24ClNO/c1-11-6-13(9-16(2,3)8-11)19-10-12-4-5-14(17)15(18)7-12/h4-5,7,11,13H,6,8-10,18H2,1-3H3. The van der Waals surface area contributed by atoms with E-state index in [1.165, 1.54) is 6.42 Å². The van der Waals surface area contributed by atoms with Gasteiger partial charge < -0.3 is 10.5 Å². The van der Waals surface area contributed by atoms with Crippen molar-refractivity contribution < 1.29 is 4.74 Å². The van der Waals surface area contributed by atoms with Gasteiger partial charge in [-0.25, -0.2) is 0 Å². The molecule has 0 saturated heterocycles. The topological polar surface area (TPSA) is 35.2 Å². The lowest BCUT2D eigenvalue weighted by Crippen LogP contribution is -2.32. The van der Waals surface area contributed by atoms with Crippen molar-refractivity contribution in [3.63, 3.8) is 0 Å². The maximum Gasteiger partial charge on any atom is 0.0721 e. The average molecular weight is 282 g/mol. The summed E-state index contributed by atoms with van der Waals surface area (Å²) in [6, 6.07) is 5.72. The Morgan fingerprint density at radius 1 is 1.37 bits per heavy atom. The first kappa shape index (κ1) is 14.7. The number of hydrogen-bond donors (Lipinski definition) is 1. The van der Waals surface area contributed by atoms with E-state index in [0.717, 1.165) is 24.3 Å². The Bertz CT molecular complexity index is 444. The van der Waals surface area contributed by atoms with Crippen molar-refractivity contribution in [2.75, 3.05) is 5.73 Å². The monoisotopic (exact) mass is 281 g/mol. The lowest BCUT2D eigenvalue weighted by atomic mass is 9.71. The summed E-state index contributed by atoms with van der Waals surface area (Å²) in [7, 11) is 0. The van der Waals surface area contributed by atoms with E-state index < -0.39 is 0 Å². The van der Waals surface area contributed by atoms with Crippen LogP contribution in [0.3, 0.4) is 0 Å². The molecule has 1 aromatic carbocycles.